The van der Waals surface area contributed by atoms with Crippen molar-refractivity contribution in [1.29, 1.82) is 0 Å². The summed E-state index contributed by atoms with van der Waals surface area (Å²) in [6.45, 7) is 1.56. The third-order valence-electron chi connectivity index (χ3n) is 3.70. The highest BCUT2D eigenvalue weighted by Gasteiger charge is 2.39. The SMILES string of the molecule is Cl.Cn1ccnc1C(=O)N[C@@H]1CN[C@@H]2CCCO[C@@H]21. The van der Waals surface area contributed by atoms with Crippen molar-refractivity contribution in [3.05, 3.63) is 18.2 Å². The van der Waals surface area contributed by atoms with Gasteiger partial charge in [-0.05, 0) is 12.8 Å². The number of rotatable bonds is 2. The molecule has 0 saturated carbocycles. The highest BCUT2D eigenvalue weighted by molar-refractivity contribution is 5.91. The molecule has 3 atom stereocenters. The summed E-state index contributed by atoms with van der Waals surface area (Å²) in [5.74, 6) is 0.304. The number of carbonyl (C=O) groups is 1. The fraction of sp³-hybridized carbons (Fsp3) is 0.667. The standard InChI is InChI=1S/C12H18N4O2.ClH/c1-16-5-4-13-11(16)12(17)15-9-7-14-8-3-2-6-18-10(8)9;/h4-5,8-10,14H,2-3,6-7H2,1H3,(H,15,17);1H/t8-,9-,10+;/m1./s1. The van der Waals surface area contributed by atoms with Crippen molar-refractivity contribution in [2.24, 2.45) is 7.05 Å². The Morgan fingerprint density at radius 1 is 1.63 bits per heavy atom. The van der Waals surface area contributed by atoms with Gasteiger partial charge in [-0.15, -0.1) is 12.4 Å². The number of fused-ring (bicyclic) bond motifs is 1. The van der Waals surface area contributed by atoms with E-state index < -0.39 is 0 Å². The van der Waals surface area contributed by atoms with Gasteiger partial charge in [0.1, 0.15) is 0 Å². The van der Waals surface area contributed by atoms with Crippen LogP contribution in [0.1, 0.15) is 23.5 Å². The molecule has 0 unspecified atom stereocenters. The van der Waals surface area contributed by atoms with Gasteiger partial charge in [0, 0.05) is 38.6 Å². The van der Waals surface area contributed by atoms with Gasteiger partial charge in [0.05, 0.1) is 12.1 Å². The molecule has 106 valence electrons. The Balaban J connectivity index is 0.00000133. The Morgan fingerprint density at radius 2 is 2.47 bits per heavy atom. The fourth-order valence-corrected chi connectivity index (χ4v) is 2.76. The molecule has 0 aliphatic carbocycles. The number of nitrogens with zero attached hydrogens (tertiary/aromatic N) is 2. The van der Waals surface area contributed by atoms with Crippen LogP contribution < -0.4 is 10.6 Å². The zero-order chi connectivity index (χ0) is 12.5. The number of halogens is 1. The maximum absolute atomic E-state index is 12.1. The third-order valence-corrected chi connectivity index (χ3v) is 3.70. The summed E-state index contributed by atoms with van der Waals surface area (Å²) >= 11 is 0. The van der Waals surface area contributed by atoms with Crippen molar-refractivity contribution in [1.82, 2.24) is 20.2 Å². The zero-order valence-electron chi connectivity index (χ0n) is 10.8. The zero-order valence-corrected chi connectivity index (χ0v) is 11.7. The van der Waals surface area contributed by atoms with Gasteiger partial charge in [-0.3, -0.25) is 4.79 Å². The Bertz CT molecular complexity index is 451. The molecule has 6 nitrogen and oxygen atoms in total. The highest BCUT2D eigenvalue weighted by atomic mass is 35.5. The number of aromatic nitrogens is 2. The van der Waals surface area contributed by atoms with Crippen molar-refractivity contribution in [2.75, 3.05) is 13.2 Å². The van der Waals surface area contributed by atoms with E-state index in [0.29, 0.717) is 11.9 Å². The first kappa shape index (κ1) is 14.3. The average Bonchev–Trinajstić information content (AvgIpc) is 2.97. The van der Waals surface area contributed by atoms with Gasteiger partial charge >= 0.3 is 0 Å². The second kappa shape index (κ2) is 5.90. The highest BCUT2D eigenvalue weighted by Crippen LogP contribution is 2.21. The van der Waals surface area contributed by atoms with Gasteiger partial charge in [0.2, 0.25) is 0 Å². The number of ether oxygens (including phenoxy) is 1. The lowest BCUT2D eigenvalue weighted by Crippen LogP contribution is -2.47. The summed E-state index contributed by atoms with van der Waals surface area (Å²) in [6, 6.07) is 0.421. The third kappa shape index (κ3) is 2.75. The van der Waals surface area contributed by atoms with Crippen LogP contribution in [0, 0.1) is 0 Å². The van der Waals surface area contributed by atoms with Crippen molar-refractivity contribution in [2.45, 2.75) is 31.0 Å². The number of aryl methyl sites for hydroxylation is 1. The maximum Gasteiger partial charge on any atom is 0.287 e. The Labute approximate surface area is 118 Å². The van der Waals surface area contributed by atoms with E-state index in [-0.39, 0.29) is 30.5 Å². The molecule has 19 heavy (non-hydrogen) atoms. The van der Waals surface area contributed by atoms with Crippen LogP contribution in [0.3, 0.4) is 0 Å². The van der Waals surface area contributed by atoms with Gasteiger partial charge < -0.3 is 19.9 Å². The second-order valence-electron chi connectivity index (χ2n) is 4.93. The summed E-state index contributed by atoms with van der Waals surface area (Å²) in [5, 5.41) is 6.42. The van der Waals surface area contributed by atoms with Crippen molar-refractivity contribution >= 4 is 18.3 Å². The molecule has 3 rings (SSSR count). The van der Waals surface area contributed by atoms with Crippen molar-refractivity contribution in [3.63, 3.8) is 0 Å². The molecule has 1 amide bonds. The van der Waals surface area contributed by atoms with E-state index in [0.717, 1.165) is 26.0 Å². The summed E-state index contributed by atoms with van der Waals surface area (Å²) in [5.41, 5.74) is 0. The Morgan fingerprint density at radius 3 is 3.21 bits per heavy atom. The first-order chi connectivity index (χ1) is 8.75. The predicted octanol–water partition coefficient (Wildman–Crippen LogP) is 0.0911. The van der Waals surface area contributed by atoms with Crippen LogP contribution >= 0.6 is 12.4 Å². The lowest BCUT2D eigenvalue weighted by atomic mass is 10.0. The van der Waals surface area contributed by atoms with E-state index >= 15 is 0 Å². The molecule has 3 heterocycles. The normalized spacial score (nSPS) is 29.4. The molecule has 0 bridgehead atoms. The van der Waals surface area contributed by atoms with Crippen LogP contribution in [0.2, 0.25) is 0 Å². The van der Waals surface area contributed by atoms with E-state index in [1.165, 1.54) is 0 Å². The topological polar surface area (TPSA) is 68.2 Å². The largest absolute Gasteiger partial charge is 0.374 e. The van der Waals surface area contributed by atoms with Crippen LogP contribution in [-0.4, -0.2) is 46.8 Å². The van der Waals surface area contributed by atoms with Gasteiger partial charge in [0.25, 0.3) is 5.91 Å². The van der Waals surface area contributed by atoms with Crippen LogP contribution in [0.15, 0.2) is 12.4 Å². The molecule has 2 N–H and O–H groups in total. The molecule has 0 spiro atoms. The number of carbonyl (C=O) groups excluding carboxylic acids is 1. The first-order valence-corrected chi connectivity index (χ1v) is 6.39. The molecular formula is C12H19ClN4O2. The van der Waals surface area contributed by atoms with Gasteiger partial charge in [-0.25, -0.2) is 4.98 Å². The summed E-state index contributed by atoms with van der Waals surface area (Å²) < 4.78 is 7.48. The monoisotopic (exact) mass is 286 g/mol. The lowest BCUT2D eigenvalue weighted by molar-refractivity contribution is -0.00223. The van der Waals surface area contributed by atoms with Crippen LogP contribution in [0.25, 0.3) is 0 Å². The summed E-state index contributed by atoms with van der Waals surface area (Å²) in [6.07, 6.45) is 5.71. The molecule has 0 radical (unpaired) electrons. The Hall–Kier alpha value is -1.11. The molecule has 2 aliphatic heterocycles. The minimum absolute atomic E-state index is 0. The van der Waals surface area contributed by atoms with Gasteiger partial charge in [-0.2, -0.15) is 0 Å². The van der Waals surface area contributed by atoms with E-state index in [1.54, 1.807) is 17.0 Å². The second-order valence-corrected chi connectivity index (χ2v) is 4.93. The molecule has 7 heteroatoms. The van der Waals surface area contributed by atoms with Crippen molar-refractivity contribution in [3.8, 4) is 0 Å². The summed E-state index contributed by atoms with van der Waals surface area (Å²) in [7, 11) is 1.81. The van der Waals surface area contributed by atoms with E-state index in [9.17, 15) is 4.79 Å². The molecule has 1 aromatic rings. The average molecular weight is 287 g/mol. The van der Waals surface area contributed by atoms with E-state index in [1.807, 2.05) is 7.05 Å². The number of imidazole rings is 1. The number of amides is 1. The molecule has 2 aliphatic rings. The summed E-state index contributed by atoms with van der Waals surface area (Å²) in [4.78, 5) is 16.1. The minimum Gasteiger partial charge on any atom is -0.374 e. The lowest BCUT2D eigenvalue weighted by Gasteiger charge is -2.29. The molecule has 1 aromatic heterocycles. The van der Waals surface area contributed by atoms with Gasteiger partial charge in [-0.1, -0.05) is 0 Å². The van der Waals surface area contributed by atoms with Crippen LogP contribution in [0.5, 0.6) is 0 Å². The van der Waals surface area contributed by atoms with Gasteiger partial charge in [0.15, 0.2) is 5.82 Å². The Kier molecular flexibility index (Phi) is 4.44. The predicted molar refractivity (Wildman–Crippen MR) is 72.5 cm³/mol. The van der Waals surface area contributed by atoms with Crippen LogP contribution in [0.4, 0.5) is 0 Å². The van der Waals surface area contributed by atoms with Crippen molar-refractivity contribution < 1.29 is 9.53 Å². The maximum atomic E-state index is 12.1. The number of hydrogen-bond acceptors (Lipinski definition) is 4. The quantitative estimate of drug-likeness (QED) is 0.809. The van der Waals surface area contributed by atoms with Crippen LogP contribution in [-0.2, 0) is 11.8 Å². The number of hydrogen-bond donors (Lipinski definition) is 2. The molecule has 2 saturated heterocycles. The molecule has 2 fully saturated rings. The smallest absolute Gasteiger partial charge is 0.287 e. The number of nitrogens with one attached hydrogen (secondary N) is 2. The fourth-order valence-electron chi connectivity index (χ4n) is 2.76. The first-order valence-electron chi connectivity index (χ1n) is 6.39. The van der Waals surface area contributed by atoms with E-state index in [2.05, 4.69) is 15.6 Å². The minimum atomic E-state index is -0.135. The van der Waals surface area contributed by atoms with E-state index in [4.69, 9.17) is 4.74 Å². The molecule has 0 aromatic carbocycles. The molecular weight excluding hydrogens is 268 g/mol.